The highest BCUT2D eigenvalue weighted by Crippen LogP contribution is 2.26. The number of hydrogen-bond donors (Lipinski definition) is 1. The average Bonchev–Trinajstić information content (AvgIpc) is 2.20. The van der Waals surface area contributed by atoms with E-state index in [-0.39, 0.29) is 5.57 Å². The number of aliphatic hydroxyl groups excluding tert-OH is 1. The summed E-state index contributed by atoms with van der Waals surface area (Å²) in [5.74, 6) is 0.581. The lowest BCUT2D eigenvalue weighted by Gasteiger charge is -2.07. The average molecular weight is 189 g/mol. The summed E-state index contributed by atoms with van der Waals surface area (Å²) in [5.41, 5.74) is 1.82. The van der Waals surface area contributed by atoms with Crippen molar-refractivity contribution in [3.05, 3.63) is 35.6 Å². The first-order valence-corrected chi connectivity index (χ1v) is 4.12. The summed E-state index contributed by atoms with van der Waals surface area (Å²) in [7, 11) is 1.53. The molecule has 72 valence electrons. The Balaban J connectivity index is 3.31. The summed E-state index contributed by atoms with van der Waals surface area (Å²) in [4.78, 5) is 0. The van der Waals surface area contributed by atoms with Crippen LogP contribution < -0.4 is 4.74 Å². The van der Waals surface area contributed by atoms with Crippen LogP contribution in [0.4, 0.5) is 0 Å². The van der Waals surface area contributed by atoms with Gasteiger partial charge in [-0.05, 0) is 19.1 Å². The van der Waals surface area contributed by atoms with Crippen molar-refractivity contribution in [1.82, 2.24) is 0 Å². The smallest absolute Gasteiger partial charge is 0.127 e. The topological polar surface area (TPSA) is 53.2 Å². The van der Waals surface area contributed by atoms with Gasteiger partial charge in [-0.25, -0.2) is 0 Å². The van der Waals surface area contributed by atoms with E-state index in [0.717, 1.165) is 11.8 Å². The first kappa shape index (κ1) is 10.1. The SMILES string of the molecule is COc1ccc(C)cc1/C(C#N)=C/O. The molecule has 0 spiro atoms. The van der Waals surface area contributed by atoms with Gasteiger partial charge in [0.05, 0.1) is 18.9 Å². The third-order valence-electron chi connectivity index (χ3n) is 1.89. The first-order chi connectivity index (χ1) is 6.72. The van der Waals surface area contributed by atoms with Gasteiger partial charge in [0.25, 0.3) is 0 Å². The Morgan fingerprint density at radius 2 is 2.29 bits per heavy atom. The number of aryl methyl sites for hydroxylation is 1. The normalized spacial score (nSPS) is 10.8. The molecule has 0 atom stereocenters. The molecule has 0 heterocycles. The van der Waals surface area contributed by atoms with Gasteiger partial charge in [0.1, 0.15) is 11.8 Å². The molecule has 1 N–H and O–H groups in total. The Morgan fingerprint density at radius 3 is 2.79 bits per heavy atom. The number of allylic oxidation sites excluding steroid dienone is 1. The number of ether oxygens (including phenoxy) is 1. The number of benzene rings is 1. The summed E-state index contributed by atoms with van der Waals surface area (Å²) in [6.45, 7) is 1.91. The number of methoxy groups -OCH3 is 1. The van der Waals surface area contributed by atoms with Crippen LogP contribution in [0.1, 0.15) is 11.1 Å². The molecule has 0 aliphatic carbocycles. The fourth-order valence-corrected chi connectivity index (χ4v) is 1.19. The van der Waals surface area contributed by atoms with E-state index in [1.807, 2.05) is 19.1 Å². The third kappa shape index (κ3) is 1.86. The van der Waals surface area contributed by atoms with Crippen molar-refractivity contribution in [2.24, 2.45) is 0 Å². The molecule has 3 nitrogen and oxygen atoms in total. The molecule has 1 rings (SSSR count). The largest absolute Gasteiger partial charge is 0.514 e. The molecular weight excluding hydrogens is 178 g/mol. The Morgan fingerprint density at radius 1 is 1.57 bits per heavy atom. The zero-order valence-corrected chi connectivity index (χ0v) is 8.11. The number of hydrogen-bond acceptors (Lipinski definition) is 3. The molecule has 0 amide bonds. The molecule has 0 unspecified atom stereocenters. The molecule has 0 aliphatic heterocycles. The van der Waals surface area contributed by atoms with E-state index in [9.17, 15) is 0 Å². The van der Waals surface area contributed by atoms with Gasteiger partial charge in [0.15, 0.2) is 0 Å². The Labute approximate surface area is 82.9 Å². The highest BCUT2D eigenvalue weighted by molar-refractivity contribution is 5.79. The third-order valence-corrected chi connectivity index (χ3v) is 1.89. The molecule has 0 radical (unpaired) electrons. The maximum absolute atomic E-state index is 8.85. The lowest BCUT2D eigenvalue weighted by Crippen LogP contribution is -1.91. The molecule has 1 aromatic rings. The molecule has 0 fully saturated rings. The summed E-state index contributed by atoms with van der Waals surface area (Å²) >= 11 is 0. The molecule has 14 heavy (non-hydrogen) atoms. The van der Waals surface area contributed by atoms with Crippen LogP contribution in [0.5, 0.6) is 5.75 Å². The van der Waals surface area contributed by atoms with Crippen LogP contribution in [0.15, 0.2) is 24.5 Å². The van der Waals surface area contributed by atoms with Gasteiger partial charge in [-0.2, -0.15) is 5.26 Å². The molecular formula is C11H11NO2. The summed E-state index contributed by atoms with van der Waals surface area (Å²) in [5, 5.41) is 17.6. The maximum Gasteiger partial charge on any atom is 0.127 e. The number of nitriles is 1. The van der Waals surface area contributed by atoms with Crippen molar-refractivity contribution >= 4 is 5.57 Å². The van der Waals surface area contributed by atoms with Gasteiger partial charge >= 0.3 is 0 Å². The molecule has 0 saturated heterocycles. The summed E-state index contributed by atoms with van der Waals surface area (Å²) < 4.78 is 5.08. The van der Waals surface area contributed by atoms with Gasteiger partial charge < -0.3 is 9.84 Å². The Kier molecular flexibility index (Phi) is 3.14. The predicted octanol–water partition coefficient (Wildman–Crippen LogP) is 2.43. The fourth-order valence-electron chi connectivity index (χ4n) is 1.19. The van der Waals surface area contributed by atoms with Crippen LogP contribution in [0.2, 0.25) is 0 Å². The van der Waals surface area contributed by atoms with Crippen molar-refractivity contribution in [3.8, 4) is 11.8 Å². The van der Waals surface area contributed by atoms with Crippen LogP contribution in [0.25, 0.3) is 5.57 Å². The van der Waals surface area contributed by atoms with Crippen LogP contribution in [-0.4, -0.2) is 12.2 Å². The number of rotatable bonds is 2. The molecule has 0 saturated carbocycles. The minimum atomic E-state index is 0.200. The zero-order chi connectivity index (χ0) is 10.6. The van der Waals surface area contributed by atoms with Gasteiger partial charge in [-0.1, -0.05) is 11.6 Å². The van der Waals surface area contributed by atoms with Crippen molar-refractivity contribution in [1.29, 1.82) is 5.26 Å². The Bertz CT molecular complexity index is 402. The standard InChI is InChI=1S/C11H11NO2/c1-8-3-4-11(14-2)10(5-8)9(6-12)7-13/h3-5,7,13H,1-2H3/b9-7+. The molecule has 0 aliphatic rings. The second-order valence-corrected chi connectivity index (χ2v) is 2.86. The number of nitrogens with zero attached hydrogens (tertiary/aromatic N) is 1. The van der Waals surface area contributed by atoms with Crippen molar-refractivity contribution in [3.63, 3.8) is 0 Å². The highest BCUT2D eigenvalue weighted by atomic mass is 16.5. The van der Waals surface area contributed by atoms with E-state index >= 15 is 0 Å². The van der Waals surface area contributed by atoms with Gasteiger partial charge in [-0.15, -0.1) is 0 Å². The molecule has 0 bridgehead atoms. The van der Waals surface area contributed by atoms with Crippen LogP contribution >= 0.6 is 0 Å². The van der Waals surface area contributed by atoms with Crippen molar-refractivity contribution in [2.75, 3.05) is 7.11 Å². The highest BCUT2D eigenvalue weighted by Gasteiger charge is 2.08. The lowest BCUT2D eigenvalue weighted by atomic mass is 10.0. The minimum absolute atomic E-state index is 0.200. The first-order valence-electron chi connectivity index (χ1n) is 4.12. The van der Waals surface area contributed by atoms with Gasteiger partial charge in [0, 0.05) is 5.56 Å². The van der Waals surface area contributed by atoms with Crippen molar-refractivity contribution in [2.45, 2.75) is 6.92 Å². The summed E-state index contributed by atoms with van der Waals surface area (Å²) in [6.07, 6.45) is 0.789. The molecule has 3 heteroatoms. The van der Waals surface area contributed by atoms with E-state index in [1.54, 1.807) is 12.1 Å². The van der Waals surface area contributed by atoms with E-state index in [2.05, 4.69) is 0 Å². The monoisotopic (exact) mass is 189 g/mol. The maximum atomic E-state index is 8.85. The van der Waals surface area contributed by atoms with Crippen molar-refractivity contribution < 1.29 is 9.84 Å². The van der Waals surface area contributed by atoms with Crippen LogP contribution in [-0.2, 0) is 0 Å². The lowest BCUT2D eigenvalue weighted by molar-refractivity contribution is 0.413. The second kappa shape index (κ2) is 4.33. The van der Waals surface area contributed by atoms with Crippen LogP contribution in [0, 0.1) is 18.3 Å². The fraction of sp³-hybridized carbons (Fsp3) is 0.182. The van der Waals surface area contributed by atoms with Gasteiger partial charge in [0.2, 0.25) is 0 Å². The predicted molar refractivity (Wildman–Crippen MR) is 53.9 cm³/mol. The minimum Gasteiger partial charge on any atom is -0.514 e. The van der Waals surface area contributed by atoms with Crippen LogP contribution in [0.3, 0.4) is 0 Å². The van der Waals surface area contributed by atoms with Gasteiger partial charge in [-0.3, -0.25) is 0 Å². The molecule has 1 aromatic carbocycles. The summed E-state index contributed by atoms with van der Waals surface area (Å²) in [6, 6.07) is 7.35. The Hall–Kier alpha value is -1.95. The van der Waals surface area contributed by atoms with E-state index in [0.29, 0.717) is 11.3 Å². The quantitative estimate of drug-likeness (QED) is 0.574. The number of aliphatic hydroxyl groups is 1. The van der Waals surface area contributed by atoms with E-state index < -0.39 is 0 Å². The molecule has 0 aromatic heterocycles. The second-order valence-electron chi connectivity index (χ2n) is 2.86. The zero-order valence-electron chi connectivity index (χ0n) is 8.11. The van der Waals surface area contributed by atoms with E-state index in [4.69, 9.17) is 15.1 Å². The van der Waals surface area contributed by atoms with E-state index in [1.165, 1.54) is 7.11 Å².